The monoisotopic (exact) mass is 287 g/mol. The van der Waals surface area contributed by atoms with E-state index in [4.69, 9.17) is 4.74 Å². The van der Waals surface area contributed by atoms with Crippen LogP contribution in [0.1, 0.15) is 45.1 Å². The summed E-state index contributed by atoms with van der Waals surface area (Å²) < 4.78 is 6.05. The molecule has 0 amide bonds. The van der Waals surface area contributed by atoms with Gasteiger partial charge in [-0.3, -0.25) is 0 Å². The zero-order valence-corrected chi connectivity index (χ0v) is 13.0. The maximum Gasteiger partial charge on any atom is 0.137 e. The second-order valence-electron chi connectivity index (χ2n) is 6.02. The Morgan fingerprint density at radius 3 is 3.10 bits per heavy atom. The average Bonchev–Trinajstić information content (AvgIpc) is 2.96. The molecule has 1 atom stereocenters. The van der Waals surface area contributed by atoms with Crippen molar-refractivity contribution in [2.45, 2.75) is 57.7 Å². The van der Waals surface area contributed by atoms with Gasteiger partial charge in [-0.25, -0.2) is 4.98 Å². The molecule has 0 aliphatic carbocycles. The SMILES string of the molecule is CCC1(CC)CC(NCc2c[nH]c3ncccc23)CCO1. The molecule has 114 valence electrons. The van der Waals surface area contributed by atoms with Crippen molar-refractivity contribution < 1.29 is 4.74 Å². The molecule has 1 saturated heterocycles. The van der Waals surface area contributed by atoms with E-state index in [1.54, 1.807) is 0 Å². The lowest BCUT2D eigenvalue weighted by molar-refractivity contribution is -0.0932. The summed E-state index contributed by atoms with van der Waals surface area (Å²) >= 11 is 0. The lowest BCUT2D eigenvalue weighted by atomic mass is 9.86. The Labute approximate surface area is 126 Å². The minimum absolute atomic E-state index is 0.0810. The molecule has 2 N–H and O–H groups in total. The van der Waals surface area contributed by atoms with Gasteiger partial charge in [-0.05, 0) is 43.4 Å². The minimum Gasteiger partial charge on any atom is -0.375 e. The third-order valence-electron chi connectivity index (χ3n) is 4.90. The van der Waals surface area contributed by atoms with Crippen molar-refractivity contribution in [3.63, 3.8) is 0 Å². The highest BCUT2D eigenvalue weighted by molar-refractivity contribution is 5.79. The van der Waals surface area contributed by atoms with Crippen LogP contribution in [0.3, 0.4) is 0 Å². The number of hydrogen-bond donors (Lipinski definition) is 2. The second-order valence-corrected chi connectivity index (χ2v) is 6.02. The highest BCUT2D eigenvalue weighted by Gasteiger charge is 2.34. The van der Waals surface area contributed by atoms with Gasteiger partial charge in [0.2, 0.25) is 0 Å². The molecular formula is C17H25N3O. The van der Waals surface area contributed by atoms with Crippen LogP contribution in [0.2, 0.25) is 0 Å². The normalized spacial score (nSPS) is 21.7. The Morgan fingerprint density at radius 2 is 2.29 bits per heavy atom. The molecule has 1 unspecified atom stereocenters. The first-order valence-electron chi connectivity index (χ1n) is 8.04. The summed E-state index contributed by atoms with van der Waals surface area (Å²) in [5.41, 5.74) is 2.35. The van der Waals surface area contributed by atoms with Gasteiger partial charge in [0, 0.05) is 37.0 Å². The lowest BCUT2D eigenvalue weighted by Gasteiger charge is -2.40. The molecule has 0 radical (unpaired) electrons. The fraction of sp³-hybridized carbons (Fsp3) is 0.588. The van der Waals surface area contributed by atoms with Crippen LogP contribution < -0.4 is 5.32 Å². The van der Waals surface area contributed by atoms with E-state index in [9.17, 15) is 0 Å². The van der Waals surface area contributed by atoms with Crippen molar-refractivity contribution in [2.75, 3.05) is 6.61 Å². The number of rotatable bonds is 5. The number of H-pyrrole nitrogens is 1. The van der Waals surface area contributed by atoms with Gasteiger partial charge in [0.25, 0.3) is 0 Å². The fourth-order valence-electron chi connectivity index (χ4n) is 3.36. The van der Waals surface area contributed by atoms with Crippen molar-refractivity contribution >= 4 is 11.0 Å². The van der Waals surface area contributed by atoms with E-state index in [1.165, 1.54) is 10.9 Å². The lowest BCUT2D eigenvalue weighted by Crippen LogP contribution is -2.46. The molecule has 0 bridgehead atoms. The number of ether oxygens (including phenoxy) is 1. The van der Waals surface area contributed by atoms with Crippen LogP contribution in [-0.4, -0.2) is 28.2 Å². The van der Waals surface area contributed by atoms with E-state index < -0.39 is 0 Å². The van der Waals surface area contributed by atoms with Gasteiger partial charge in [0.15, 0.2) is 0 Å². The van der Waals surface area contributed by atoms with E-state index >= 15 is 0 Å². The second kappa shape index (κ2) is 6.16. The van der Waals surface area contributed by atoms with E-state index in [0.717, 1.165) is 44.5 Å². The standard InChI is InChI=1S/C17H25N3O/c1-3-17(4-2)10-14(7-9-21-17)19-11-13-12-20-16-15(13)6-5-8-18-16/h5-6,8,12,14,19H,3-4,7,9-11H2,1-2H3,(H,18,20). The van der Waals surface area contributed by atoms with Crippen LogP contribution in [0.5, 0.6) is 0 Å². The zero-order valence-electron chi connectivity index (χ0n) is 13.0. The molecule has 1 aliphatic rings. The van der Waals surface area contributed by atoms with Crippen LogP contribution in [0, 0.1) is 0 Å². The summed E-state index contributed by atoms with van der Waals surface area (Å²) in [5.74, 6) is 0. The van der Waals surface area contributed by atoms with Gasteiger partial charge in [0.1, 0.15) is 5.65 Å². The number of nitrogens with one attached hydrogen (secondary N) is 2. The quantitative estimate of drug-likeness (QED) is 0.886. The number of aromatic amines is 1. The third kappa shape index (κ3) is 2.97. The summed E-state index contributed by atoms with van der Waals surface area (Å²) in [4.78, 5) is 7.58. The maximum atomic E-state index is 6.05. The van der Waals surface area contributed by atoms with Crippen molar-refractivity contribution in [1.29, 1.82) is 0 Å². The third-order valence-corrected chi connectivity index (χ3v) is 4.90. The number of nitrogens with zero attached hydrogens (tertiary/aromatic N) is 1. The number of hydrogen-bond acceptors (Lipinski definition) is 3. The first-order chi connectivity index (χ1) is 10.3. The van der Waals surface area contributed by atoms with Gasteiger partial charge in [-0.1, -0.05) is 13.8 Å². The number of aromatic nitrogens is 2. The van der Waals surface area contributed by atoms with Crippen molar-refractivity contribution in [2.24, 2.45) is 0 Å². The first-order valence-corrected chi connectivity index (χ1v) is 8.04. The number of fused-ring (bicyclic) bond motifs is 1. The van der Waals surface area contributed by atoms with Gasteiger partial charge in [-0.2, -0.15) is 0 Å². The largest absolute Gasteiger partial charge is 0.375 e. The van der Waals surface area contributed by atoms with Crippen LogP contribution in [0.15, 0.2) is 24.5 Å². The van der Waals surface area contributed by atoms with Gasteiger partial charge >= 0.3 is 0 Å². The zero-order chi connectivity index (χ0) is 14.7. The van der Waals surface area contributed by atoms with Crippen LogP contribution in [-0.2, 0) is 11.3 Å². The van der Waals surface area contributed by atoms with Crippen molar-refractivity contribution in [3.05, 3.63) is 30.1 Å². The molecule has 0 spiro atoms. The molecule has 4 nitrogen and oxygen atoms in total. The molecule has 21 heavy (non-hydrogen) atoms. The van der Waals surface area contributed by atoms with E-state index in [2.05, 4.69) is 41.4 Å². The molecule has 1 fully saturated rings. The average molecular weight is 287 g/mol. The van der Waals surface area contributed by atoms with E-state index in [1.807, 2.05) is 12.3 Å². The van der Waals surface area contributed by atoms with Gasteiger partial charge in [-0.15, -0.1) is 0 Å². The minimum atomic E-state index is 0.0810. The van der Waals surface area contributed by atoms with Crippen molar-refractivity contribution in [1.82, 2.24) is 15.3 Å². The Bertz CT molecular complexity index is 588. The molecular weight excluding hydrogens is 262 g/mol. The topological polar surface area (TPSA) is 49.9 Å². The van der Waals surface area contributed by atoms with Crippen molar-refractivity contribution in [3.8, 4) is 0 Å². The highest BCUT2D eigenvalue weighted by atomic mass is 16.5. The predicted molar refractivity (Wildman–Crippen MR) is 85.2 cm³/mol. The molecule has 1 aliphatic heterocycles. The van der Waals surface area contributed by atoms with Crippen LogP contribution >= 0.6 is 0 Å². The Kier molecular flexibility index (Phi) is 4.27. The van der Waals surface area contributed by atoms with Crippen LogP contribution in [0.25, 0.3) is 11.0 Å². The van der Waals surface area contributed by atoms with E-state index in [-0.39, 0.29) is 5.60 Å². The van der Waals surface area contributed by atoms with Crippen LogP contribution in [0.4, 0.5) is 0 Å². The molecule has 3 heterocycles. The molecule has 0 aromatic carbocycles. The Hall–Kier alpha value is -1.39. The molecule has 4 heteroatoms. The summed E-state index contributed by atoms with van der Waals surface area (Å²) in [7, 11) is 0. The smallest absolute Gasteiger partial charge is 0.137 e. The van der Waals surface area contributed by atoms with E-state index in [0.29, 0.717) is 6.04 Å². The van der Waals surface area contributed by atoms with Gasteiger partial charge in [0.05, 0.1) is 5.60 Å². The number of pyridine rings is 1. The fourth-order valence-corrected chi connectivity index (χ4v) is 3.36. The molecule has 0 saturated carbocycles. The Morgan fingerprint density at radius 1 is 1.43 bits per heavy atom. The van der Waals surface area contributed by atoms with Gasteiger partial charge < -0.3 is 15.0 Å². The summed E-state index contributed by atoms with van der Waals surface area (Å²) in [6, 6.07) is 4.66. The maximum absolute atomic E-state index is 6.05. The molecule has 2 aromatic heterocycles. The summed E-state index contributed by atoms with van der Waals surface area (Å²) in [6.45, 7) is 6.23. The predicted octanol–water partition coefficient (Wildman–Crippen LogP) is 3.39. The molecule has 3 rings (SSSR count). The Balaban J connectivity index is 1.65. The molecule has 2 aromatic rings. The summed E-state index contributed by atoms with van der Waals surface area (Å²) in [6.07, 6.45) is 8.29. The summed E-state index contributed by atoms with van der Waals surface area (Å²) in [5, 5.41) is 4.93. The highest BCUT2D eigenvalue weighted by Crippen LogP contribution is 2.31. The first kappa shape index (κ1) is 14.5.